The number of aromatic nitrogens is 2. The lowest BCUT2D eigenvalue weighted by molar-refractivity contribution is -0.137. The number of rotatable bonds is 8. The molecule has 1 aliphatic carbocycles. The topological polar surface area (TPSA) is 79.5 Å². The molecule has 2 aliphatic heterocycles. The molecule has 0 amide bonds. The van der Waals surface area contributed by atoms with E-state index in [1.165, 1.54) is 12.1 Å². The van der Waals surface area contributed by atoms with E-state index >= 15 is 0 Å². The molecule has 1 unspecified atom stereocenters. The van der Waals surface area contributed by atoms with Crippen molar-refractivity contribution in [3.8, 4) is 0 Å². The van der Waals surface area contributed by atoms with Crippen molar-refractivity contribution in [1.29, 1.82) is 0 Å². The summed E-state index contributed by atoms with van der Waals surface area (Å²) in [4.78, 5) is 13.3. The van der Waals surface area contributed by atoms with Crippen molar-refractivity contribution in [2.45, 2.75) is 76.1 Å². The van der Waals surface area contributed by atoms with E-state index in [0.29, 0.717) is 37.0 Å². The van der Waals surface area contributed by atoms with Crippen LogP contribution in [0.25, 0.3) is 0 Å². The smallest absolute Gasteiger partial charge is 0.248 e. The van der Waals surface area contributed by atoms with Gasteiger partial charge in [-0.15, -0.1) is 0 Å². The average molecular weight is 553 g/mol. The number of halogens is 4. The van der Waals surface area contributed by atoms with Gasteiger partial charge in [-0.1, -0.05) is 19.1 Å². The standard InChI is InChI=1S/C27H36ClF3N6O/c1-3-20-15-36(25-22(32)24(34-26(28)35-25)33-13-21-5-4-10-38-21)16(2)14-37(20)23(18-11-27(30,31)12-18)17-6-8-19(29)9-7-17/h6-9,16,18,20-21,23H,3-5,10-15,32H2,1-2H3,(H,33,34,35)/t16-,20+,21-,23?/m0/s1. The third-order valence-electron chi connectivity index (χ3n) is 8.18. The van der Waals surface area contributed by atoms with Crippen LogP contribution in [0.1, 0.15) is 57.6 Å². The third kappa shape index (κ3) is 5.67. The molecule has 4 atom stereocenters. The van der Waals surface area contributed by atoms with Gasteiger partial charge in [0, 0.05) is 57.2 Å². The zero-order chi connectivity index (χ0) is 27.0. The first-order valence-electron chi connectivity index (χ1n) is 13.5. The average Bonchev–Trinajstić information content (AvgIpc) is 3.38. The van der Waals surface area contributed by atoms with Crippen molar-refractivity contribution in [1.82, 2.24) is 14.9 Å². The van der Waals surface area contributed by atoms with Crippen LogP contribution in [-0.2, 0) is 4.74 Å². The summed E-state index contributed by atoms with van der Waals surface area (Å²) >= 11 is 6.33. The monoisotopic (exact) mass is 552 g/mol. The van der Waals surface area contributed by atoms with E-state index in [2.05, 4.69) is 38.9 Å². The van der Waals surface area contributed by atoms with Gasteiger partial charge in [-0.05, 0) is 61.4 Å². The Bertz CT molecular complexity index is 1110. The highest BCUT2D eigenvalue weighted by molar-refractivity contribution is 6.28. The van der Waals surface area contributed by atoms with Crippen LogP contribution in [0.2, 0.25) is 5.28 Å². The van der Waals surface area contributed by atoms with Crippen LogP contribution < -0.4 is 16.0 Å². The molecular formula is C27H36ClF3N6O. The maximum Gasteiger partial charge on any atom is 0.248 e. The fraction of sp³-hybridized carbons (Fsp3) is 0.630. The molecule has 3 fully saturated rings. The molecule has 0 radical (unpaired) electrons. The van der Waals surface area contributed by atoms with E-state index in [1.54, 1.807) is 12.1 Å². The van der Waals surface area contributed by atoms with E-state index < -0.39 is 5.92 Å². The number of anilines is 3. The van der Waals surface area contributed by atoms with Crippen LogP contribution in [-0.4, -0.2) is 65.2 Å². The second kappa shape index (κ2) is 11.1. The summed E-state index contributed by atoms with van der Waals surface area (Å²) in [5.41, 5.74) is 7.86. The van der Waals surface area contributed by atoms with E-state index in [-0.39, 0.29) is 54.1 Å². The normalized spacial score (nSPS) is 26.8. The number of nitrogen functional groups attached to an aromatic ring is 1. The Hall–Kier alpha value is -2.30. The number of piperazine rings is 1. The predicted molar refractivity (Wildman–Crippen MR) is 143 cm³/mol. The minimum Gasteiger partial charge on any atom is -0.393 e. The maximum absolute atomic E-state index is 14.0. The molecule has 3 heterocycles. The Balaban J connectivity index is 1.39. The third-order valence-corrected chi connectivity index (χ3v) is 8.35. The van der Waals surface area contributed by atoms with Crippen LogP contribution in [0.4, 0.5) is 30.5 Å². The van der Waals surface area contributed by atoms with E-state index in [1.807, 2.05) is 0 Å². The lowest BCUT2D eigenvalue weighted by atomic mass is 9.73. The molecule has 0 bridgehead atoms. The number of hydrogen-bond acceptors (Lipinski definition) is 7. The maximum atomic E-state index is 14.0. The first-order chi connectivity index (χ1) is 18.1. The Labute approximate surface area is 226 Å². The number of benzene rings is 1. The molecule has 5 rings (SSSR count). The zero-order valence-corrected chi connectivity index (χ0v) is 22.6. The summed E-state index contributed by atoms with van der Waals surface area (Å²) in [6, 6.07) is 6.08. The van der Waals surface area contributed by atoms with Crippen molar-refractivity contribution in [3.05, 3.63) is 40.9 Å². The lowest BCUT2D eigenvalue weighted by Gasteiger charge is -2.53. The second-order valence-electron chi connectivity index (χ2n) is 10.9. The number of alkyl halides is 2. The Kier molecular flexibility index (Phi) is 7.94. The summed E-state index contributed by atoms with van der Waals surface area (Å²) in [6.45, 7) is 6.72. The number of ether oxygens (including phenoxy) is 1. The highest BCUT2D eigenvalue weighted by Gasteiger charge is 2.51. The number of nitrogens with zero attached hydrogens (tertiary/aromatic N) is 4. The summed E-state index contributed by atoms with van der Waals surface area (Å²) in [7, 11) is 0. The van der Waals surface area contributed by atoms with Crippen molar-refractivity contribution in [2.75, 3.05) is 42.2 Å². The van der Waals surface area contributed by atoms with Gasteiger partial charge < -0.3 is 20.7 Å². The molecular weight excluding hydrogens is 517 g/mol. The molecule has 38 heavy (non-hydrogen) atoms. The molecule has 1 saturated carbocycles. The predicted octanol–water partition coefficient (Wildman–Crippen LogP) is 5.52. The molecule has 3 N–H and O–H groups in total. The van der Waals surface area contributed by atoms with Gasteiger partial charge in [0.2, 0.25) is 11.2 Å². The fourth-order valence-corrected chi connectivity index (χ4v) is 6.35. The number of nitrogens with one attached hydrogen (secondary N) is 1. The first kappa shape index (κ1) is 27.3. The molecule has 0 spiro atoms. The van der Waals surface area contributed by atoms with Gasteiger partial charge in [-0.3, -0.25) is 4.90 Å². The van der Waals surface area contributed by atoms with Crippen molar-refractivity contribution in [2.24, 2.45) is 5.92 Å². The molecule has 1 aromatic heterocycles. The SMILES string of the molecule is CC[C@@H]1CN(c2nc(Cl)nc(NC[C@@H]3CCCO3)c2N)[C@@H](C)CN1C(c1ccc(F)cc1)C1CC(F)(F)C1. The summed E-state index contributed by atoms with van der Waals surface area (Å²) in [6.07, 6.45) is 2.61. The Morgan fingerprint density at radius 1 is 1.21 bits per heavy atom. The molecule has 3 aliphatic rings. The molecule has 2 aromatic rings. The van der Waals surface area contributed by atoms with Gasteiger partial charge in [0.1, 0.15) is 11.5 Å². The summed E-state index contributed by atoms with van der Waals surface area (Å²) < 4.78 is 47.4. The Morgan fingerprint density at radius 3 is 2.58 bits per heavy atom. The highest BCUT2D eigenvalue weighted by atomic mass is 35.5. The highest BCUT2D eigenvalue weighted by Crippen LogP contribution is 2.51. The zero-order valence-electron chi connectivity index (χ0n) is 21.8. The minimum atomic E-state index is -2.64. The van der Waals surface area contributed by atoms with E-state index in [9.17, 15) is 13.2 Å². The molecule has 7 nitrogen and oxygen atoms in total. The van der Waals surface area contributed by atoms with Gasteiger partial charge in [-0.2, -0.15) is 9.97 Å². The summed E-state index contributed by atoms with van der Waals surface area (Å²) in [5.74, 6) is -2.12. The van der Waals surface area contributed by atoms with Crippen molar-refractivity contribution < 1.29 is 17.9 Å². The van der Waals surface area contributed by atoms with Gasteiger partial charge >= 0.3 is 0 Å². The van der Waals surface area contributed by atoms with Crippen LogP contribution in [0.15, 0.2) is 24.3 Å². The molecule has 208 valence electrons. The summed E-state index contributed by atoms with van der Waals surface area (Å²) in [5, 5.41) is 3.39. The van der Waals surface area contributed by atoms with Gasteiger partial charge in [0.05, 0.1) is 6.10 Å². The molecule has 1 aromatic carbocycles. The van der Waals surface area contributed by atoms with Gasteiger partial charge in [-0.25, -0.2) is 13.2 Å². The van der Waals surface area contributed by atoms with Crippen molar-refractivity contribution >= 4 is 28.9 Å². The number of nitrogens with two attached hydrogens (primary N) is 1. The lowest BCUT2D eigenvalue weighted by Crippen LogP contribution is -2.60. The van der Waals surface area contributed by atoms with Gasteiger partial charge in [0.15, 0.2) is 11.6 Å². The van der Waals surface area contributed by atoms with E-state index in [0.717, 1.165) is 31.4 Å². The van der Waals surface area contributed by atoms with Gasteiger partial charge in [0.25, 0.3) is 0 Å². The van der Waals surface area contributed by atoms with Crippen LogP contribution in [0.3, 0.4) is 0 Å². The first-order valence-corrected chi connectivity index (χ1v) is 13.9. The number of hydrogen-bond donors (Lipinski definition) is 2. The van der Waals surface area contributed by atoms with E-state index in [4.69, 9.17) is 22.1 Å². The minimum absolute atomic E-state index is 0.0272. The quantitative estimate of drug-likeness (QED) is 0.418. The van der Waals surface area contributed by atoms with Crippen LogP contribution in [0.5, 0.6) is 0 Å². The van der Waals surface area contributed by atoms with Crippen LogP contribution >= 0.6 is 11.6 Å². The molecule has 11 heteroatoms. The Morgan fingerprint density at radius 2 is 1.95 bits per heavy atom. The fourth-order valence-electron chi connectivity index (χ4n) is 6.19. The van der Waals surface area contributed by atoms with Crippen molar-refractivity contribution in [3.63, 3.8) is 0 Å². The van der Waals surface area contributed by atoms with Crippen LogP contribution in [0, 0.1) is 11.7 Å². The largest absolute Gasteiger partial charge is 0.393 e. The second-order valence-corrected chi connectivity index (χ2v) is 11.2. The molecule has 2 saturated heterocycles.